The van der Waals surface area contributed by atoms with Crippen LogP contribution < -0.4 is 5.32 Å². The summed E-state index contributed by atoms with van der Waals surface area (Å²) in [6, 6.07) is 7.24. The fourth-order valence-corrected chi connectivity index (χ4v) is 4.46. The Morgan fingerprint density at radius 2 is 1.78 bits per heavy atom. The number of rotatable bonds is 6. The van der Waals surface area contributed by atoms with Crippen LogP contribution in [0.3, 0.4) is 0 Å². The Morgan fingerprint density at radius 3 is 2.37 bits per heavy atom. The second kappa shape index (κ2) is 7.83. The number of hydrogen-bond acceptors (Lipinski definition) is 3. The zero-order valence-corrected chi connectivity index (χ0v) is 16.6. The highest BCUT2D eigenvalue weighted by Gasteiger charge is 2.48. The fourth-order valence-electron chi connectivity index (χ4n) is 4.46. The molecule has 1 aliphatic heterocycles. The van der Waals surface area contributed by atoms with Crippen LogP contribution in [0.1, 0.15) is 81.1 Å². The monoisotopic (exact) mass is 370 g/mol. The van der Waals surface area contributed by atoms with Gasteiger partial charge < -0.3 is 5.32 Å². The van der Waals surface area contributed by atoms with Crippen LogP contribution in [-0.4, -0.2) is 34.7 Å². The van der Waals surface area contributed by atoms with Crippen LogP contribution in [0.2, 0.25) is 0 Å². The van der Waals surface area contributed by atoms with Crippen molar-refractivity contribution in [3.8, 4) is 0 Å². The molecule has 5 nitrogen and oxygen atoms in total. The summed E-state index contributed by atoms with van der Waals surface area (Å²) in [5, 5.41) is 2.76. The number of urea groups is 1. The van der Waals surface area contributed by atoms with E-state index in [0.717, 1.165) is 4.90 Å². The Morgan fingerprint density at radius 1 is 1.15 bits per heavy atom. The molecule has 3 amide bonds. The summed E-state index contributed by atoms with van der Waals surface area (Å²) < 4.78 is 0. The van der Waals surface area contributed by atoms with E-state index in [1.165, 1.54) is 37.7 Å². The number of nitrogens with zero attached hydrogens (tertiary/aromatic N) is 1. The molecule has 3 rings (SSSR count). The lowest BCUT2D eigenvalue weighted by atomic mass is 9.84. The number of carbonyl (C=O) groups excluding carboxylic acids is 3. The molecule has 0 spiro atoms. The topological polar surface area (TPSA) is 66.5 Å². The first-order chi connectivity index (χ1) is 12.8. The second-order valence-electron chi connectivity index (χ2n) is 8.63. The predicted octanol–water partition coefficient (Wildman–Crippen LogP) is 4.27. The summed E-state index contributed by atoms with van der Waals surface area (Å²) in [7, 11) is 0. The minimum absolute atomic E-state index is 0.206. The zero-order valence-electron chi connectivity index (χ0n) is 16.6. The Bertz CT molecular complexity index is 720. The quantitative estimate of drug-likeness (QED) is 0.600. The van der Waals surface area contributed by atoms with E-state index in [4.69, 9.17) is 0 Å². The van der Waals surface area contributed by atoms with Crippen LogP contribution in [-0.2, 0) is 4.79 Å². The molecule has 0 bridgehead atoms. The molecular formula is C22H30N2O3. The molecule has 1 aromatic rings. The summed E-state index contributed by atoms with van der Waals surface area (Å²) in [5.74, 6) is 0.337. The summed E-state index contributed by atoms with van der Waals surface area (Å²) in [6.45, 7) is 5.54. The Kier molecular flexibility index (Phi) is 5.68. The van der Waals surface area contributed by atoms with Crippen molar-refractivity contribution in [3.63, 3.8) is 0 Å². The van der Waals surface area contributed by atoms with Crippen molar-refractivity contribution < 1.29 is 14.4 Å². The lowest BCUT2D eigenvalue weighted by Crippen LogP contribution is -2.45. The lowest BCUT2D eigenvalue weighted by Gasteiger charge is -2.23. The molecular weight excluding hydrogens is 340 g/mol. The van der Waals surface area contributed by atoms with Crippen LogP contribution in [0.15, 0.2) is 24.3 Å². The highest BCUT2D eigenvalue weighted by atomic mass is 16.2. The van der Waals surface area contributed by atoms with E-state index in [0.29, 0.717) is 17.9 Å². The zero-order chi connectivity index (χ0) is 19.6. The Hall–Kier alpha value is -2.17. The molecule has 1 heterocycles. The maximum atomic E-state index is 12.7. The highest BCUT2D eigenvalue weighted by Crippen LogP contribution is 2.32. The van der Waals surface area contributed by atoms with E-state index >= 15 is 0 Å². The predicted molar refractivity (Wildman–Crippen MR) is 105 cm³/mol. The van der Waals surface area contributed by atoms with Crippen LogP contribution in [0, 0.1) is 5.92 Å². The standard InChI is InChI=1S/C22H30N2O3/c1-15(2)13-22(3)20(26)24(21(27)23-22)14-19(25)18-11-9-17(10-12-18)16-7-5-4-6-8-16/h9-12,15-16H,4-8,13-14H2,1-3H3,(H,23,27). The molecule has 2 fully saturated rings. The first kappa shape index (κ1) is 19.6. The number of benzene rings is 1. The number of ketones is 1. The summed E-state index contributed by atoms with van der Waals surface area (Å²) in [5.41, 5.74) is 0.912. The fraction of sp³-hybridized carbons (Fsp3) is 0.591. The van der Waals surface area contributed by atoms with E-state index in [1.54, 1.807) is 6.92 Å². The molecule has 146 valence electrons. The maximum absolute atomic E-state index is 12.7. The summed E-state index contributed by atoms with van der Waals surface area (Å²) in [6.07, 6.45) is 6.83. The first-order valence-corrected chi connectivity index (χ1v) is 10.1. The average Bonchev–Trinajstić information content (AvgIpc) is 2.84. The molecule has 1 saturated carbocycles. The lowest BCUT2D eigenvalue weighted by molar-refractivity contribution is -0.131. The van der Waals surface area contributed by atoms with E-state index in [-0.39, 0.29) is 24.2 Å². The normalized spacial score (nSPS) is 23.8. The van der Waals surface area contributed by atoms with Crippen molar-refractivity contribution >= 4 is 17.7 Å². The number of amides is 3. The third-order valence-corrected chi connectivity index (χ3v) is 5.77. The van der Waals surface area contributed by atoms with Crippen LogP contribution in [0.5, 0.6) is 0 Å². The van der Waals surface area contributed by atoms with Gasteiger partial charge in [-0.15, -0.1) is 0 Å². The average molecular weight is 370 g/mol. The van der Waals surface area contributed by atoms with E-state index in [2.05, 4.69) is 5.32 Å². The van der Waals surface area contributed by atoms with Crippen molar-refractivity contribution in [2.75, 3.05) is 6.54 Å². The molecule has 0 aromatic heterocycles. The number of Topliss-reactive ketones (excluding diaryl/α,β-unsaturated/α-hetero) is 1. The number of hydrogen-bond donors (Lipinski definition) is 1. The van der Waals surface area contributed by atoms with Crippen LogP contribution in [0.25, 0.3) is 0 Å². The minimum Gasteiger partial charge on any atom is -0.323 e. The van der Waals surface area contributed by atoms with E-state index < -0.39 is 11.6 Å². The van der Waals surface area contributed by atoms with Gasteiger partial charge in [-0.3, -0.25) is 14.5 Å². The van der Waals surface area contributed by atoms with Crippen LogP contribution in [0.4, 0.5) is 4.79 Å². The molecule has 2 aliphatic rings. The Balaban J connectivity index is 1.66. The van der Waals surface area contributed by atoms with Crippen molar-refractivity contribution in [2.45, 2.75) is 70.8 Å². The van der Waals surface area contributed by atoms with Gasteiger partial charge in [-0.1, -0.05) is 57.4 Å². The molecule has 27 heavy (non-hydrogen) atoms. The first-order valence-electron chi connectivity index (χ1n) is 10.1. The van der Waals surface area contributed by atoms with E-state index in [1.807, 2.05) is 38.1 Å². The van der Waals surface area contributed by atoms with Crippen molar-refractivity contribution in [1.82, 2.24) is 10.2 Å². The SMILES string of the molecule is CC(C)CC1(C)NC(=O)N(CC(=O)c2ccc(C3CCCCC3)cc2)C1=O. The molecule has 0 radical (unpaired) electrons. The van der Waals surface area contributed by atoms with Crippen molar-refractivity contribution in [2.24, 2.45) is 5.92 Å². The summed E-state index contributed by atoms with van der Waals surface area (Å²) >= 11 is 0. The van der Waals surface area contributed by atoms with Crippen LogP contribution >= 0.6 is 0 Å². The van der Waals surface area contributed by atoms with Crippen molar-refractivity contribution in [3.05, 3.63) is 35.4 Å². The Labute approximate surface area is 161 Å². The van der Waals surface area contributed by atoms with Gasteiger partial charge in [0, 0.05) is 5.56 Å². The molecule has 5 heteroatoms. The van der Waals surface area contributed by atoms with Gasteiger partial charge in [0.2, 0.25) is 0 Å². The van der Waals surface area contributed by atoms with E-state index in [9.17, 15) is 14.4 Å². The molecule has 1 N–H and O–H groups in total. The third kappa shape index (κ3) is 4.23. The molecule has 1 atom stereocenters. The molecule has 1 saturated heterocycles. The second-order valence-corrected chi connectivity index (χ2v) is 8.63. The minimum atomic E-state index is -0.920. The number of carbonyl (C=O) groups is 3. The van der Waals surface area contributed by atoms with Crippen molar-refractivity contribution in [1.29, 1.82) is 0 Å². The highest BCUT2D eigenvalue weighted by molar-refractivity contribution is 6.11. The summed E-state index contributed by atoms with van der Waals surface area (Å²) in [4.78, 5) is 38.6. The molecule has 1 aromatic carbocycles. The smallest absolute Gasteiger partial charge is 0.323 e. The van der Waals surface area contributed by atoms with Gasteiger partial charge in [-0.25, -0.2) is 4.79 Å². The van der Waals surface area contributed by atoms with Gasteiger partial charge in [0.05, 0.1) is 6.54 Å². The van der Waals surface area contributed by atoms with Gasteiger partial charge in [-0.2, -0.15) is 0 Å². The maximum Gasteiger partial charge on any atom is 0.325 e. The number of imide groups is 1. The third-order valence-electron chi connectivity index (χ3n) is 5.77. The van der Waals surface area contributed by atoms with Gasteiger partial charge in [0.15, 0.2) is 5.78 Å². The van der Waals surface area contributed by atoms with Gasteiger partial charge in [0.1, 0.15) is 5.54 Å². The van der Waals surface area contributed by atoms with Gasteiger partial charge in [0.25, 0.3) is 5.91 Å². The largest absolute Gasteiger partial charge is 0.325 e. The van der Waals surface area contributed by atoms with Gasteiger partial charge in [-0.05, 0) is 43.6 Å². The van der Waals surface area contributed by atoms with Gasteiger partial charge >= 0.3 is 6.03 Å². The number of nitrogens with one attached hydrogen (secondary N) is 1. The molecule has 1 unspecified atom stereocenters. The molecule has 1 aliphatic carbocycles.